The molecule has 0 atom stereocenters. The van der Waals surface area contributed by atoms with Gasteiger partial charge in [0.15, 0.2) is 5.78 Å². The van der Waals surface area contributed by atoms with Gasteiger partial charge in [0.1, 0.15) is 0 Å². The second-order valence-electron chi connectivity index (χ2n) is 9.22. The number of hydrogen-bond acceptors (Lipinski definition) is 6. The second-order valence-corrected chi connectivity index (χ2v) is 9.22. The van der Waals surface area contributed by atoms with Gasteiger partial charge >= 0.3 is 6.09 Å². The highest BCUT2D eigenvalue weighted by molar-refractivity contribution is 6.12. The number of piperidine rings is 1. The summed E-state index contributed by atoms with van der Waals surface area (Å²) < 4.78 is 5.49. The van der Waals surface area contributed by atoms with Crippen molar-refractivity contribution in [2.45, 2.75) is 25.4 Å². The molecular weight excluding hydrogens is 508 g/mol. The average Bonchev–Trinajstić information content (AvgIpc) is 2.97. The molecule has 3 aromatic rings. The molecule has 0 bridgehead atoms. The zero-order chi connectivity index (χ0) is 28.5. The number of amides is 2. The molecule has 3 N–H and O–H groups in total. The third-order valence-electron chi connectivity index (χ3n) is 6.52. The van der Waals surface area contributed by atoms with E-state index in [1.165, 1.54) is 12.1 Å². The minimum atomic E-state index is -1.30. The number of ether oxygens (including phenoxy) is 1. The largest absolute Gasteiger partial charge is 0.465 e. The number of hydrogen-bond donors (Lipinski definition) is 3. The first-order chi connectivity index (χ1) is 19.4. The van der Waals surface area contributed by atoms with Crippen LogP contribution in [0.1, 0.15) is 46.3 Å². The van der Waals surface area contributed by atoms with Gasteiger partial charge in [0.05, 0.1) is 46.8 Å². The van der Waals surface area contributed by atoms with Crippen molar-refractivity contribution in [1.29, 1.82) is 5.26 Å². The van der Waals surface area contributed by atoms with Gasteiger partial charge < -0.3 is 20.1 Å². The Hall–Kier alpha value is -5.12. The lowest BCUT2D eigenvalue weighted by atomic mass is 10.0. The topological polar surface area (TPSA) is 132 Å². The van der Waals surface area contributed by atoms with Gasteiger partial charge in [-0.1, -0.05) is 42.2 Å². The Balaban J connectivity index is 1.67. The fourth-order valence-corrected chi connectivity index (χ4v) is 4.47. The number of ketones is 1. The maximum absolute atomic E-state index is 12.9. The first kappa shape index (κ1) is 27.9. The Morgan fingerprint density at radius 1 is 0.950 bits per heavy atom. The molecule has 1 aliphatic rings. The predicted molar refractivity (Wildman–Crippen MR) is 151 cm³/mol. The quantitative estimate of drug-likeness (QED) is 0.223. The van der Waals surface area contributed by atoms with Crippen molar-refractivity contribution in [3.05, 3.63) is 89.0 Å². The summed E-state index contributed by atoms with van der Waals surface area (Å²) in [5, 5.41) is 23.6. The van der Waals surface area contributed by atoms with Crippen molar-refractivity contribution in [1.82, 2.24) is 0 Å². The van der Waals surface area contributed by atoms with E-state index in [-0.39, 0.29) is 23.0 Å². The first-order valence-corrected chi connectivity index (χ1v) is 12.7. The van der Waals surface area contributed by atoms with Gasteiger partial charge in [-0.2, -0.15) is 5.26 Å². The maximum Gasteiger partial charge on any atom is 0.409 e. The number of benzene rings is 3. The third kappa shape index (κ3) is 7.25. The maximum atomic E-state index is 12.9. The van der Waals surface area contributed by atoms with Crippen LogP contribution in [0.3, 0.4) is 0 Å². The average molecular weight is 537 g/mol. The zero-order valence-corrected chi connectivity index (χ0v) is 21.9. The van der Waals surface area contributed by atoms with E-state index in [4.69, 9.17) is 10.00 Å². The number of carbonyl (C=O) groups excluding carboxylic acids is 2. The van der Waals surface area contributed by atoms with Gasteiger partial charge in [0.2, 0.25) is 5.91 Å². The molecule has 3 aromatic carbocycles. The molecule has 202 valence electrons. The van der Waals surface area contributed by atoms with Crippen LogP contribution in [0.5, 0.6) is 0 Å². The van der Waals surface area contributed by atoms with E-state index < -0.39 is 24.2 Å². The monoisotopic (exact) mass is 536 g/mol. The number of anilines is 3. The lowest BCUT2D eigenvalue weighted by molar-refractivity contribution is -0.115. The Bertz CT molecular complexity index is 1510. The lowest BCUT2D eigenvalue weighted by Gasteiger charge is -2.34. The number of nitriles is 1. The molecule has 4 rings (SSSR count). The minimum Gasteiger partial charge on any atom is -0.465 e. The smallest absolute Gasteiger partial charge is 0.409 e. The van der Waals surface area contributed by atoms with Crippen LogP contribution in [0.4, 0.5) is 21.9 Å². The number of carbonyl (C=O) groups is 3. The Morgan fingerprint density at radius 2 is 1.65 bits per heavy atom. The van der Waals surface area contributed by atoms with Gasteiger partial charge in [-0.3, -0.25) is 14.9 Å². The zero-order valence-electron chi connectivity index (χ0n) is 21.9. The van der Waals surface area contributed by atoms with Gasteiger partial charge in [0.25, 0.3) is 0 Å². The van der Waals surface area contributed by atoms with Crippen LogP contribution in [-0.2, 0) is 9.53 Å². The van der Waals surface area contributed by atoms with E-state index in [2.05, 4.69) is 27.4 Å². The molecule has 1 saturated heterocycles. The highest BCUT2D eigenvalue weighted by atomic mass is 16.5. The standard InChI is InChI=1S/C31H28N4O5/c1-40-25-12-14-35(15-13-25)28-18-27(34-31(38)39)26(17-23(28)11-10-21-6-3-2-4-7-21)33-30(37)19-29(36)24-9-5-8-22(16-24)20-32/h2-9,16-18,25,34H,12-15,19H2,1H3,(H,33,37)(H,38,39). The van der Waals surface area contributed by atoms with Crippen molar-refractivity contribution in [2.75, 3.05) is 35.7 Å². The number of Topliss-reactive ketones (excluding diaryl/α,β-unsaturated/α-hetero) is 1. The van der Waals surface area contributed by atoms with Gasteiger partial charge in [0, 0.05) is 31.3 Å². The molecule has 40 heavy (non-hydrogen) atoms. The predicted octanol–water partition coefficient (Wildman–Crippen LogP) is 4.87. The molecule has 1 heterocycles. The van der Waals surface area contributed by atoms with Crippen LogP contribution in [-0.4, -0.2) is 49.2 Å². The van der Waals surface area contributed by atoms with Crippen LogP contribution >= 0.6 is 0 Å². The molecule has 1 aliphatic heterocycles. The molecule has 2 amide bonds. The second kappa shape index (κ2) is 13.1. The van der Waals surface area contributed by atoms with E-state index >= 15 is 0 Å². The highest BCUT2D eigenvalue weighted by Gasteiger charge is 2.23. The van der Waals surface area contributed by atoms with Crippen molar-refractivity contribution in [2.24, 2.45) is 0 Å². The van der Waals surface area contributed by atoms with Crippen LogP contribution in [0.25, 0.3) is 0 Å². The Kier molecular flexibility index (Phi) is 9.14. The normalized spacial score (nSPS) is 12.9. The molecule has 0 unspecified atom stereocenters. The van der Waals surface area contributed by atoms with Crippen molar-refractivity contribution >= 4 is 34.8 Å². The van der Waals surface area contributed by atoms with Crippen LogP contribution < -0.4 is 15.5 Å². The fourth-order valence-electron chi connectivity index (χ4n) is 4.47. The number of nitrogens with one attached hydrogen (secondary N) is 2. The van der Waals surface area contributed by atoms with E-state index in [0.29, 0.717) is 24.2 Å². The minimum absolute atomic E-state index is 0.150. The first-order valence-electron chi connectivity index (χ1n) is 12.7. The summed E-state index contributed by atoms with van der Waals surface area (Å²) in [6.07, 6.45) is -0.0309. The van der Waals surface area contributed by atoms with Crippen LogP contribution in [0, 0.1) is 23.2 Å². The van der Waals surface area contributed by atoms with E-state index in [9.17, 15) is 19.5 Å². The Morgan fingerprint density at radius 3 is 2.33 bits per heavy atom. The molecule has 0 aromatic heterocycles. The summed E-state index contributed by atoms with van der Waals surface area (Å²) >= 11 is 0. The molecule has 1 fully saturated rings. The van der Waals surface area contributed by atoms with Crippen molar-refractivity contribution in [3.8, 4) is 17.9 Å². The van der Waals surface area contributed by atoms with Crippen LogP contribution in [0.15, 0.2) is 66.7 Å². The summed E-state index contributed by atoms with van der Waals surface area (Å²) in [6, 6.07) is 20.8. The summed E-state index contributed by atoms with van der Waals surface area (Å²) in [5.74, 6) is 5.22. The van der Waals surface area contributed by atoms with Crippen molar-refractivity contribution in [3.63, 3.8) is 0 Å². The summed E-state index contributed by atoms with van der Waals surface area (Å²) in [7, 11) is 1.69. The molecule has 9 heteroatoms. The summed E-state index contributed by atoms with van der Waals surface area (Å²) in [4.78, 5) is 39.4. The molecule has 0 aliphatic carbocycles. The van der Waals surface area contributed by atoms with Gasteiger partial charge in [-0.15, -0.1) is 0 Å². The number of carboxylic acid groups (broad SMARTS) is 1. The van der Waals surface area contributed by atoms with E-state index in [1.54, 1.807) is 31.4 Å². The van der Waals surface area contributed by atoms with Gasteiger partial charge in [-0.05, 0) is 49.2 Å². The van der Waals surface area contributed by atoms with Crippen LogP contribution in [0.2, 0.25) is 0 Å². The SMILES string of the molecule is COC1CCN(c2cc(NC(=O)O)c(NC(=O)CC(=O)c3cccc(C#N)c3)cc2C#Cc2ccccc2)CC1. The number of nitrogens with zero attached hydrogens (tertiary/aromatic N) is 2. The number of methoxy groups -OCH3 is 1. The Labute approximate surface area is 232 Å². The lowest BCUT2D eigenvalue weighted by Crippen LogP contribution is -2.37. The third-order valence-corrected chi connectivity index (χ3v) is 6.52. The van der Waals surface area contributed by atoms with Crippen molar-refractivity contribution < 1.29 is 24.2 Å². The molecule has 0 saturated carbocycles. The summed E-state index contributed by atoms with van der Waals surface area (Å²) in [6.45, 7) is 1.38. The van der Waals surface area contributed by atoms with E-state index in [0.717, 1.165) is 24.1 Å². The molecule has 9 nitrogen and oxygen atoms in total. The molecular formula is C31H28N4O5. The molecule has 0 radical (unpaired) electrons. The number of rotatable bonds is 7. The highest BCUT2D eigenvalue weighted by Crippen LogP contribution is 2.34. The van der Waals surface area contributed by atoms with E-state index in [1.807, 2.05) is 36.4 Å². The fraction of sp³-hybridized carbons (Fsp3) is 0.226. The van der Waals surface area contributed by atoms with Gasteiger partial charge in [-0.25, -0.2) is 4.79 Å². The summed E-state index contributed by atoms with van der Waals surface area (Å²) in [5.41, 5.74) is 3.01. The molecule has 0 spiro atoms.